The lowest BCUT2D eigenvalue weighted by atomic mass is 10.0. The average Bonchev–Trinajstić information content (AvgIpc) is 3.21. The topological polar surface area (TPSA) is 177 Å². The molecule has 1 aromatic heterocycles. The highest BCUT2D eigenvalue weighted by atomic mass is 32.2. The Balaban J connectivity index is 1.76. The Morgan fingerprint density at radius 2 is 2.14 bits per heavy atom. The van der Waals surface area contributed by atoms with Crippen LogP contribution in [0.2, 0.25) is 0 Å². The number of amides is 2. The molecule has 0 saturated carbocycles. The van der Waals surface area contributed by atoms with Gasteiger partial charge in [-0.2, -0.15) is 9.36 Å². The third kappa shape index (κ3) is 6.06. The number of halogens is 1. The summed E-state index contributed by atoms with van der Waals surface area (Å²) < 4.78 is 16.7. The molecule has 2 atom stereocenters. The second kappa shape index (κ2) is 11.1. The Morgan fingerprint density at radius 1 is 1.42 bits per heavy atom. The van der Waals surface area contributed by atoms with Gasteiger partial charge >= 0.3 is 5.97 Å². The maximum absolute atomic E-state index is 12.9. The number of ketones is 1. The van der Waals surface area contributed by atoms with Crippen LogP contribution < -0.4 is 11.1 Å². The zero-order valence-electron chi connectivity index (χ0n) is 19.6. The summed E-state index contributed by atoms with van der Waals surface area (Å²) in [5.41, 5.74) is 5.31. The number of allylic oxidation sites excluding steroid dienone is 1. The number of carboxylic acid groups (broad SMARTS) is 1. The van der Waals surface area contributed by atoms with Gasteiger partial charge in [-0.3, -0.25) is 19.3 Å². The highest BCUT2D eigenvalue weighted by Gasteiger charge is 2.54. The summed E-state index contributed by atoms with van der Waals surface area (Å²) >= 11 is 2.06. The van der Waals surface area contributed by atoms with Crippen LogP contribution in [0.3, 0.4) is 0 Å². The monoisotopic (exact) mass is 542 g/mol. The largest absolute Gasteiger partial charge is 0.477 e. The van der Waals surface area contributed by atoms with Crippen molar-refractivity contribution in [3.63, 3.8) is 0 Å². The number of β-lactam (4-membered cyclic amide) rings is 1. The number of alkyl halides is 1. The number of rotatable bonds is 11. The summed E-state index contributed by atoms with van der Waals surface area (Å²) in [6, 6.07) is -1.06. The van der Waals surface area contributed by atoms with Crippen LogP contribution in [0, 0.1) is 0 Å². The van der Waals surface area contributed by atoms with Gasteiger partial charge in [0.2, 0.25) is 11.5 Å². The van der Waals surface area contributed by atoms with E-state index in [0.29, 0.717) is 23.1 Å². The number of nitrogens with zero attached hydrogens (tertiary/aromatic N) is 5. The van der Waals surface area contributed by atoms with Crippen LogP contribution in [0.25, 0.3) is 0 Å². The number of thioether (sulfide) groups is 1. The molecule has 2 aliphatic rings. The van der Waals surface area contributed by atoms with E-state index in [1.807, 2.05) is 14.1 Å². The van der Waals surface area contributed by atoms with Crippen molar-refractivity contribution >= 4 is 57.7 Å². The van der Waals surface area contributed by atoms with Gasteiger partial charge < -0.3 is 25.5 Å². The van der Waals surface area contributed by atoms with Crippen LogP contribution in [0.1, 0.15) is 12.7 Å². The molecule has 0 bridgehead atoms. The standard InChI is InChI=1S/C20H24FN7O6S2/c1-10(29)7-28(2,3)6-4-5-11-8-35-18-13(17(31)27(18)14(11)19(32)33)23-16(30)12(25-34-9-21)15-24-20(22)36-26-15/h4-5,13,18H,6-9H2,1-3H3,(H3-,22,23,24,26,30,32,33)/p+1/b5-4+,25-12-/t13-,18-/m1/s1. The van der Waals surface area contributed by atoms with E-state index in [0.717, 1.165) is 16.4 Å². The quantitative estimate of drug-likeness (QED) is 0.146. The second-order valence-electron chi connectivity index (χ2n) is 8.56. The SMILES string of the molecule is CC(=O)C[N+](C)(C)C/C=C/C1=C(C(=O)O)N2C(=O)[C@@H](NC(=O)/C(=N\OCF)c3nsc(N)n3)[C@H]2SC1. The Kier molecular flexibility index (Phi) is 8.42. The van der Waals surface area contributed by atoms with Crippen LogP contribution >= 0.6 is 23.3 Å². The first kappa shape index (κ1) is 27.2. The van der Waals surface area contributed by atoms with Gasteiger partial charge in [0.15, 0.2) is 10.9 Å². The van der Waals surface area contributed by atoms with Gasteiger partial charge in [0, 0.05) is 24.2 Å². The first-order valence-electron chi connectivity index (χ1n) is 10.5. The normalized spacial score (nSPS) is 20.3. The predicted molar refractivity (Wildman–Crippen MR) is 129 cm³/mol. The molecular weight excluding hydrogens is 517 g/mol. The van der Waals surface area contributed by atoms with Gasteiger partial charge in [0.05, 0.1) is 20.6 Å². The number of anilines is 1. The van der Waals surface area contributed by atoms with Crippen molar-refractivity contribution in [3.05, 3.63) is 29.2 Å². The maximum atomic E-state index is 12.9. The number of fused-ring (bicyclic) bond motifs is 1. The number of carbonyl (C=O) groups excluding carboxylic acids is 3. The van der Waals surface area contributed by atoms with Gasteiger partial charge in [-0.25, -0.2) is 9.18 Å². The summed E-state index contributed by atoms with van der Waals surface area (Å²) in [5, 5.41) is 15.0. The number of likely N-dealkylation sites (N-methyl/N-ethyl adjacent to an activating group) is 1. The molecule has 1 fully saturated rings. The maximum Gasteiger partial charge on any atom is 0.352 e. The van der Waals surface area contributed by atoms with Crippen molar-refractivity contribution in [1.29, 1.82) is 0 Å². The minimum Gasteiger partial charge on any atom is -0.477 e. The lowest BCUT2D eigenvalue weighted by Gasteiger charge is -2.49. The van der Waals surface area contributed by atoms with Crippen molar-refractivity contribution in [2.24, 2.45) is 5.16 Å². The number of hydrogen-bond acceptors (Lipinski definition) is 11. The average molecular weight is 543 g/mol. The van der Waals surface area contributed by atoms with Gasteiger partial charge in [-0.05, 0) is 11.6 Å². The molecule has 0 aromatic carbocycles. The number of carboxylic acids is 1. The van der Waals surface area contributed by atoms with E-state index in [1.165, 1.54) is 18.7 Å². The second-order valence-corrected chi connectivity index (χ2v) is 10.4. The molecule has 16 heteroatoms. The van der Waals surface area contributed by atoms with Crippen LogP contribution in [0.4, 0.5) is 9.52 Å². The molecule has 4 N–H and O–H groups in total. The third-order valence-electron chi connectivity index (χ3n) is 5.13. The van der Waals surface area contributed by atoms with Crippen molar-refractivity contribution in [3.8, 4) is 0 Å². The molecule has 2 aliphatic heterocycles. The number of nitrogen functional groups attached to an aromatic ring is 1. The molecule has 0 radical (unpaired) electrons. The molecule has 3 heterocycles. The van der Waals surface area contributed by atoms with Crippen LogP contribution in [0.5, 0.6) is 0 Å². The van der Waals surface area contributed by atoms with E-state index in [2.05, 4.69) is 24.7 Å². The zero-order chi connectivity index (χ0) is 26.6. The summed E-state index contributed by atoms with van der Waals surface area (Å²) in [4.78, 5) is 58.3. The number of Topliss-reactive ketones (excluding diaryl/α,β-unsaturated/α-hetero) is 1. The minimum absolute atomic E-state index is 0.0349. The molecule has 0 unspecified atom stereocenters. The van der Waals surface area contributed by atoms with E-state index >= 15 is 0 Å². The Hall–Kier alpha value is -3.37. The van der Waals surface area contributed by atoms with Crippen molar-refractivity contribution < 1.29 is 38.0 Å². The molecule has 0 spiro atoms. The first-order chi connectivity index (χ1) is 16.9. The Labute approximate surface area is 213 Å². The molecule has 194 valence electrons. The molecular formula is C20H25FN7O6S2+. The number of aromatic nitrogens is 2. The summed E-state index contributed by atoms with van der Waals surface area (Å²) in [5.74, 6) is -2.71. The summed E-state index contributed by atoms with van der Waals surface area (Å²) in [6.45, 7) is 1.000. The molecule has 1 saturated heterocycles. The van der Waals surface area contributed by atoms with Crippen LogP contribution in [-0.2, 0) is 24.0 Å². The van der Waals surface area contributed by atoms with E-state index in [4.69, 9.17) is 5.73 Å². The van der Waals surface area contributed by atoms with Gasteiger partial charge in [-0.15, -0.1) is 11.8 Å². The smallest absolute Gasteiger partial charge is 0.352 e. The van der Waals surface area contributed by atoms with E-state index in [-0.39, 0.29) is 28.2 Å². The first-order valence-corrected chi connectivity index (χ1v) is 12.3. The fraction of sp³-hybridized carbons (Fsp3) is 0.450. The molecule has 0 aliphatic carbocycles. The number of aliphatic carboxylic acids is 1. The molecule has 36 heavy (non-hydrogen) atoms. The molecule has 3 rings (SSSR count). The highest BCUT2D eigenvalue weighted by molar-refractivity contribution is 8.00. The van der Waals surface area contributed by atoms with Crippen molar-refractivity contribution in [2.75, 3.05) is 45.5 Å². The fourth-order valence-corrected chi connectivity index (χ4v) is 5.49. The van der Waals surface area contributed by atoms with Crippen molar-refractivity contribution in [1.82, 2.24) is 19.6 Å². The molecule has 1 aromatic rings. The molecule has 13 nitrogen and oxygen atoms in total. The number of nitrogens with two attached hydrogens (primary N) is 1. The number of nitrogens with one attached hydrogen (secondary N) is 1. The number of hydrogen-bond donors (Lipinski definition) is 3. The number of carbonyl (C=O) groups is 4. The number of oxime groups is 1. The number of quaternary nitrogens is 1. The van der Waals surface area contributed by atoms with E-state index in [1.54, 1.807) is 12.2 Å². The van der Waals surface area contributed by atoms with Crippen LogP contribution in [-0.4, -0.2) is 104 Å². The third-order valence-corrected chi connectivity index (χ3v) is 6.97. The van der Waals surface area contributed by atoms with E-state index < -0.39 is 41.8 Å². The fourth-order valence-electron chi connectivity index (χ4n) is 3.73. The van der Waals surface area contributed by atoms with Gasteiger partial charge in [0.25, 0.3) is 18.7 Å². The Bertz CT molecular complexity index is 1170. The van der Waals surface area contributed by atoms with E-state index in [9.17, 15) is 28.7 Å². The van der Waals surface area contributed by atoms with Gasteiger partial charge in [-0.1, -0.05) is 11.2 Å². The van der Waals surface area contributed by atoms with Crippen LogP contribution in [0.15, 0.2) is 28.6 Å². The molecule has 2 amide bonds. The predicted octanol–water partition coefficient (Wildman–Crippen LogP) is -0.272. The van der Waals surface area contributed by atoms with Gasteiger partial charge in [0.1, 0.15) is 23.7 Å². The van der Waals surface area contributed by atoms with Crippen molar-refractivity contribution in [2.45, 2.75) is 18.3 Å². The minimum atomic E-state index is -1.31. The highest BCUT2D eigenvalue weighted by Crippen LogP contribution is 2.40. The summed E-state index contributed by atoms with van der Waals surface area (Å²) in [7, 11) is 3.75. The summed E-state index contributed by atoms with van der Waals surface area (Å²) in [6.07, 6.45) is 3.41. The lowest BCUT2D eigenvalue weighted by molar-refractivity contribution is -0.876. The lowest BCUT2D eigenvalue weighted by Crippen LogP contribution is -2.71. The Morgan fingerprint density at radius 3 is 2.72 bits per heavy atom. The zero-order valence-corrected chi connectivity index (χ0v) is 21.3.